The Morgan fingerprint density at radius 2 is 2.09 bits per heavy atom. The second-order valence-corrected chi connectivity index (χ2v) is 7.81. The van der Waals surface area contributed by atoms with Gasteiger partial charge in [0.2, 0.25) is 11.8 Å². The predicted molar refractivity (Wildman–Crippen MR) is 82.2 cm³/mol. The van der Waals surface area contributed by atoms with Crippen LogP contribution in [0.1, 0.15) is 64.7 Å². The minimum atomic E-state index is -0.240. The Kier molecular flexibility index (Phi) is 3.75. The monoisotopic (exact) mass is 306 g/mol. The molecule has 1 aromatic heterocycles. The van der Waals surface area contributed by atoms with Gasteiger partial charge in [0.1, 0.15) is 6.04 Å². The van der Waals surface area contributed by atoms with Gasteiger partial charge in [-0.1, -0.05) is 25.9 Å². The van der Waals surface area contributed by atoms with Gasteiger partial charge in [-0.15, -0.1) is 0 Å². The zero-order valence-corrected chi connectivity index (χ0v) is 13.9. The van der Waals surface area contributed by atoms with Crippen molar-refractivity contribution in [2.45, 2.75) is 58.4 Å². The summed E-state index contributed by atoms with van der Waals surface area (Å²) in [6, 6.07) is -0.240. The van der Waals surface area contributed by atoms with Gasteiger partial charge in [0.05, 0.1) is 0 Å². The van der Waals surface area contributed by atoms with Crippen LogP contribution in [0, 0.1) is 11.3 Å². The second-order valence-electron chi connectivity index (χ2n) is 7.81. The summed E-state index contributed by atoms with van der Waals surface area (Å²) in [7, 11) is 0. The van der Waals surface area contributed by atoms with E-state index in [2.05, 4.69) is 20.8 Å². The van der Waals surface area contributed by atoms with Crippen LogP contribution in [0.3, 0.4) is 0 Å². The molecule has 122 valence electrons. The summed E-state index contributed by atoms with van der Waals surface area (Å²) in [5, 5.41) is 10.4. The third kappa shape index (κ3) is 2.89. The van der Waals surface area contributed by atoms with Gasteiger partial charge >= 0.3 is 0 Å². The molecule has 2 fully saturated rings. The van der Waals surface area contributed by atoms with E-state index in [0.29, 0.717) is 11.7 Å². The fraction of sp³-hybridized carbons (Fsp3) is 0.812. The molecular formula is C16H26N4O2. The lowest BCUT2D eigenvalue weighted by Crippen LogP contribution is -2.34. The molecule has 1 saturated carbocycles. The molecule has 2 unspecified atom stereocenters. The predicted octanol–water partition coefficient (Wildman–Crippen LogP) is 1.93. The van der Waals surface area contributed by atoms with Gasteiger partial charge in [-0.05, 0) is 44.7 Å². The number of carbonyl (C=O) groups is 1. The standard InChI is InChI=1S/C16H26N4O2/c1-10(13-19-14(20-22-13)15(2,3)4)18-12(21)11-9-16(11)5-7-17-8-6-16/h10-11,17H,5-9H2,1-4H3,(H,18,21). The van der Waals surface area contributed by atoms with Crippen LogP contribution in [-0.2, 0) is 10.2 Å². The Labute approximate surface area is 131 Å². The number of amides is 1. The van der Waals surface area contributed by atoms with E-state index < -0.39 is 0 Å². The number of carbonyl (C=O) groups excluding carboxylic acids is 1. The van der Waals surface area contributed by atoms with Gasteiger partial charge in [-0.3, -0.25) is 4.79 Å². The van der Waals surface area contributed by atoms with Crippen LogP contribution in [0.2, 0.25) is 0 Å². The van der Waals surface area contributed by atoms with E-state index in [9.17, 15) is 4.79 Å². The zero-order valence-electron chi connectivity index (χ0n) is 13.9. The SMILES string of the molecule is CC(NC(=O)C1CC12CCNCC2)c1nc(C(C)(C)C)no1. The molecule has 1 spiro atoms. The Morgan fingerprint density at radius 1 is 1.41 bits per heavy atom. The first-order valence-corrected chi connectivity index (χ1v) is 8.17. The zero-order chi connectivity index (χ0) is 16.0. The summed E-state index contributed by atoms with van der Waals surface area (Å²) in [5.41, 5.74) is 0.0988. The summed E-state index contributed by atoms with van der Waals surface area (Å²) < 4.78 is 5.31. The average Bonchev–Trinajstić information content (AvgIpc) is 2.92. The van der Waals surface area contributed by atoms with Crippen molar-refractivity contribution in [3.05, 3.63) is 11.7 Å². The van der Waals surface area contributed by atoms with Crippen LogP contribution < -0.4 is 10.6 Å². The topological polar surface area (TPSA) is 80.0 Å². The number of piperidine rings is 1. The Morgan fingerprint density at radius 3 is 2.68 bits per heavy atom. The highest BCUT2D eigenvalue weighted by molar-refractivity contribution is 5.82. The maximum Gasteiger partial charge on any atom is 0.248 e. The highest BCUT2D eigenvalue weighted by Gasteiger charge is 2.57. The summed E-state index contributed by atoms with van der Waals surface area (Å²) in [4.78, 5) is 16.9. The summed E-state index contributed by atoms with van der Waals surface area (Å²) in [5.74, 6) is 1.44. The van der Waals surface area contributed by atoms with Crippen LogP contribution in [0.15, 0.2) is 4.52 Å². The molecule has 6 heteroatoms. The van der Waals surface area contributed by atoms with Crippen LogP contribution in [-0.4, -0.2) is 29.1 Å². The molecular weight excluding hydrogens is 280 g/mol. The van der Waals surface area contributed by atoms with Crippen molar-refractivity contribution >= 4 is 5.91 Å². The quantitative estimate of drug-likeness (QED) is 0.892. The molecule has 1 aliphatic heterocycles. The number of aromatic nitrogens is 2. The van der Waals surface area contributed by atoms with Crippen LogP contribution in [0.5, 0.6) is 0 Å². The van der Waals surface area contributed by atoms with Gasteiger partial charge in [0.25, 0.3) is 0 Å². The Balaban J connectivity index is 1.59. The number of hydrogen-bond donors (Lipinski definition) is 2. The normalized spacial score (nSPS) is 25.0. The van der Waals surface area contributed by atoms with E-state index in [4.69, 9.17) is 4.52 Å². The molecule has 2 heterocycles. The maximum atomic E-state index is 12.4. The minimum absolute atomic E-state index is 0.130. The van der Waals surface area contributed by atoms with Crippen molar-refractivity contribution in [3.63, 3.8) is 0 Å². The molecule has 6 nitrogen and oxygen atoms in total. The summed E-state index contributed by atoms with van der Waals surface area (Å²) >= 11 is 0. The first-order chi connectivity index (χ1) is 10.3. The van der Waals surface area contributed by atoms with E-state index in [-0.39, 0.29) is 28.7 Å². The average molecular weight is 306 g/mol. The van der Waals surface area contributed by atoms with Crippen LogP contribution in [0.25, 0.3) is 0 Å². The second kappa shape index (κ2) is 5.33. The molecule has 22 heavy (non-hydrogen) atoms. The fourth-order valence-corrected chi connectivity index (χ4v) is 3.29. The van der Waals surface area contributed by atoms with E-state index in [1.807, 2.05) is 27.7 Å². The molecule has 0 bridgehead atoms. The highest BCUT2D eigenvalue weighted by Crippen LogP contribution is 2.58. The molecule has 2 atom stereocenters. The van der Waals surface area contributed by atoms with Gasteiger partial charge in [-0.25, -0.2) is 0 Å². The summed E-state index contributed by atoms with van der Waals surface area (Å²) in [6.45, 7) is 10.1. The van der Waals surface area contributed by atoms with E-state index in [1.54, 1.807) is 0 Å². The summed E-state index contributed by atoms with van der Waals surface area (Å²) in [6.07, 6.45) is 3.23. The van der Waals surface area contributed by atoms with Crippen LogP contribution >= 0.6 is 0 Å². The number of nitrogens with zero attached hydrogens (tertiary/aromatic N) is 2. The highest BCUT2D eigenvalue weighted by atomic mass is 16.5. The molecule has 0 radical (unpaired) electrons. The van der Waals surface area contributed by atoms with Gasteiger partial charge in [0, 0.05) is 11.3 Å². The Hall–Kier alpha value is -1.43. The largest absolute Gasteiger partial charge is 0.344 e. The third-order valence-corrected chi connectivity index (χ3v) is 4.95. The smallest absolute Gasteiger partial charge is 0.248 e. The van der Waals surface area contributed by atoms with E-state index in [1.165, 1.54) is 0 Å². The molecule has 1 saturated heterocycles. The lowest BCUT2D eigenvalue weighted by Gasteiger charge is -2.23. The lowest BCUT2D eigenvalue weighted by atomic mass is 9.91. The lowest BCUT2D eigenvalue weighted by molar-refractivity contribution is -0.124. The number of rotatable bonds is 3. The van der Waals surface area contributed by atoms with E-state index in [0.717, 1.165) is 32.4 Å². The first-order valence-electron chi connectivity index (χ1n) is 8.17. The van der Waals surface area contributed by atoms with Crippen molar-refractivity contribution in [1.82, 2.24) is 20.8 Å². The van der Waals surface area contributed by atoms with Crippen molar-refractivity contribution in [1.29, 1.82) is 0 Å². The van der Waals surface area contributed by atoms with Crippen LogP contribution in [0.4, 0.5) is 0 Å². The number of hydrogen-bond acceptors (Lipinski definition) is 5. The molecule has 3 rings (SSSR count). The molecule has 2 N–H and O–H groups in total. The molecule has 0 aromatic carbocycles. The first kappa shape index (κ1) is 15.5. The van der Waals surface area contributed by atoms with Gasteiger partial charge in [0.15, 0.2) is 5.82 Å². The maximum absolute atomic E-state index is 12.4. The third-order valence-electron chi connectivity index (χ3n) is 4.95. The Bertz CT molecular complexity index is 555. The minimum Gasteiger partial charge on any atom is -0.344 e. The van der Waals surface area contributed by atoms with Crippen molar-refractivity contribution in [2.24, 2.45) is 11.3 Å². The molecule has 1 amide bonds. The molecule has 1 aliphatic carbocycles. The molecule has 1 aromatic rings. The van der Waals surface area contributed by atoms with Gasteiger partial charge in [-0.2, -0.15) is 4.98 Å². The fourth-order valence-electron chi connectivity index (χ4n) is 3.29. The van der Waals surface area contributed by atoms with Crippen molar-refractivity contribution < 1.29 is 9.32 Å². The molecule has 2 aliphatic rings. The van der Waals surface area contributed by atoms with Crippen molar-refractivity contribution in [2.75, 3.05) is 13.1 Å². The van der Waals surface area contributed by atoms with Gasteiger partial charge < -0.3 is 15.2 Å². The van der Waals surface area contributed by atoms with E-state index >= 15 is 0 Å². The number of nitrogens with one attached hydrogen (secondary N) is 2. The van der Waals surface area contributed by atoms with Crippen molar-refractivity contribution in [3.8, 4) is 0 Å².